The fourth-order valence-electron chi connectivity index (χ4n) is 3.89. The van der Waals surface area contributed by atoms with Crippen molar-refractivity contribution in [3.63, 3.8) is 0 Å². The number of hydrogen-bond donors (Lipinski definition) is 1. The van der Waals surface area contributed by atoms with Gasteiger partial charge < -0.3 is 24.5 Å². The van der Waals surface area contributed by atoms with Crippen LogP contribution in [0.5, 0.6) is 5.75 Å². The summed E-state index contributed by atoms with van der Waals surface area (Å²) in [6.45, 7) is 7.48. The molecule has 0 amide bonds. The minimum Gasteiger partial charge on any atom is -0.748 e. The predicted octanol–water partition coefficient (Wildman–Crippen LogP) is 6.54. The Morgan fingerprint density at radius 1 is 0.956 bits per heavy atom. The van der Waals surface area contributed by atoms with Crippen molar-refractivity contribution in [1.29, 1.82) is 0 Å². The Bertz CT molecular complexity index is 1710. The van der Waals surface area contributed by atoms with Gasteiger partial charge in [-0.25, -0.2) is 16.8 Å². The van der Waals surface area contributed by atoms with Crippen LogP contribution in [0.15, 0.2) is 48.4 Å². The second-order valence-corrected chi connectivity index (χ2v) is 15.1. The van der Waals surface area contributed by atoms with Gasteiger partial charge in [0.15, 0.2) is 12.3 Å². The molecular formula is C29H37Cl3N3O7S3-. The van der Waals surface area contributed by atoms with Gasteiger partial charge in [-0.05, 0) is 43.3 Å². The molecular weight excluding hydrogens is 705 g/mol. The topological polar surface area (TPSA) is 157 Å². The third-order valence-corrected chi connectivity index (χ3v) is 9.66. The summed E-state index contributed by atoms with van der Waals surface area (Å²) in [5, 5.41) is 1.86. The molecule has 1 aliphatic rings. The number of ether oxygens (including phenoxy) is 1. The summed E-state index contributed by atoms with van der Waals surface area (Å²) in [5.41, 5.74) is 6.22. The van der Waals surface area contributed by atoms with E-state index in [0.717, 1.165) is 21.8 Å². The van der Waals surface area contributed by atoms with E-state index in [1.54, 1.807) is 47.4 Å². The minimum atomic E-state index is -4.38. The predicted molar refractivity (Wildman–Crippen MR) is 182 cm³/mol. The zero-order valence-electron chi connectivity index (χ0n) is 25.2. The number of nitrogens with two attached hydrogens (primary N) is 1. The Morgan fingerprint density at radius 2 is 1.56 bits per heavy atom. The molecule has 2 aromatic carbocycles. The van der Waals surface area contributed by atoms with Gasteiger partial charge >= 0.3 is 0 Å². The number of halogens is 3. The zero-order chi connectivity index (χ0) is 33.8. The number of fused-ring (bicyclic) bond motifs is 2. The highest BCUT2D eigenvalue weighted by Gasteiger charge is 2.27. The molecule has 4 rings (SSSR count). The fourth-order valence-corrected chi connectivity index (χ4v) is 6.42. The molecule has 0 atom stereocenters. The smallest absolute Gasteiger partial charge is 0.262 e. The lowest BCUT2D eigenvalue weighted by atomic mass is 10.2. The van der Waals surface area contributed by atoms with Gasteiger partial charge in [-0.15, -0.1) is 0 Å². The highest BCUT2D eigenvalue weighted by Crippen LogP contribution is 2.43. The van der Waals surface area contributed by atoms with Gasteiger partial charge in [0.25, 0.3) is 5.01 Å². The Balaban J connectivity index is 0.000000917. The first-order chi connectivity index (χ1) is 21.1. The summed E-state index contributed by atoms with van der Waals surface area (Å²) in [6.07, 6.45) is 8.01. The molecule has 2 N–H and O–H groups in total. The molecule has 1 aliphatic heterocycles. The Morgan fingerprint density at radius 3 is 2.16 bits per heavy atom. The van der Waals surface area contributed by atoms with Gasteiger partial charge in [0.2, 0.25) is 11.4 Å². The molecule has 0 unspecified atom stereocenters. The maximum Gasteiger partial charge on any atom is 0.262 e. The van der Waals surface area contributed by atoms with E-state index in [1.165, 1.54) is 24.2 Å². The van der Waals surface area contributed by atoms with Crippen LogP contribution in [0.2, 0.25) is 15.1 Å². The van der Waals surface area contributed by atoms with E-state index in [9.17, 15) is 25.9 Å². The van der Waals surface area contributed by atoms with Crippen LogP contribution in [-0.4, -0.2) is 50.5 Å². The van der Waals surface area contributed by atoms with E-state index in [4.69, 9.17) is 45.3 Å². The van der Waals surface area contributed by atoms with Crippen LogP contribution in [0, 0.1) is 0 Å². The highest BCUT2D eigenvalue weighted by atomic mass is 35.5. The van der Waals surface area contributed by atoms with E-state index < -0.39 is 31.7 Å². The van der Waals surface area contributed by atoms with Crippen molar-refractivity contribution in [2.45, 2.75) is 53.0 Å². The monoisotopic (exact) mass is 740 g/mol. The lowest BCUT2D eigenvalue weighted by Gasteiger charge is -2.18. The van der Waals surface area contributed by atoms with Gasteiger partial charge in [0.05, 0.1) is 36.0 Å². The van der Waals surface area contributed by atoms with Crippen LogP contribution in [0.3, 0.4) is 0 Å². The number of aryl methyl sites for hydroxylation is 1. The van der Waals surface area contributed by atoms with Gasteiger partial charge in [-0.2, -0.15) is 4.57 Å². The third kappa shape index (κ3) is 13.0. The van der Waals surface area contributed by atoms with Crippen LogP contribution in [0.25, 0.3) is 16.3 Å². The molecule has 0 fully saturated rings. The van der Waals surface area contributed by atoms with Crippen LogP contribution >= 0.6 is 46.1 Å². The lowest BCUT2D eigenvalue weighted by molar-refractivity contribution is -0.668. The molecule has 10 nitrogen and oxygen atoms in total. The number of hydrogen-bond acceptors (Lipinski definition) is 10. The summed E-state index contributed by atoms with van der Waals surface area (Å²) in [4.78, 5) is 1.70. The largest absolute Gasteiger partial charge is 0.748 e. The molecule has 1 aromatic heterocycles. The maximum absolute atomic E-state index is 11.1. The summed E-state index contributed by atoms with van der Waals surface area (Å²) < 4.78 is 75.2. The highest BCUT2D eigenvalue weighted by molar-refractivity contribution is 7.85. The minimum absolute atomic E-state index is 0.0651. The van der Waals surface area contributed by atoms with Crippen molar-refractivity contribution in [1.82, 2.24) is 0 Å². The van der Waals surface area contributed by atoms with Crippen molar-refractivity contribution in [3.05, 3.63) is 68.4 Å². The SMILES string of the molecule is CCCC.CCN.O=S(=O)([O-])CCCN1C(=CC=Cc2sc3ccc(Cl)cc3[n+]2CCCS(=O)(=O)[O-])Oc2cc(Cl)c(Cl)cc21. The quantitative estimate of drug-likeness (QED) is 0.170. The van der Waals surface area contributed by atoms with Crippen LogP contribution in [0.1, 0.15) is 51.5 Å². The van der Waals surface area contributed by atoms with E-state index >= 15 is 0 Å². The van der Waals surface area contributed by atoms with Gasteiger partial charge in [-0.1, -0.05) is 79.8 Å². The molecule has 0 saturated heterocycles. The molecule has 0 saturated carbocycles. The lowest BCUT2D eigenvalue weighted by Crippen LogP contribution is -2.36. The first-order valence-corrected chi connectivity index (χ1v) is 19.3. The molecule has 0 spiro atoms. The van der Waals surface area contributed by atoms with Crippen LogP contribution in [-0.2, 0) is 26.8 Å². The number of unbranched alkanes of at least 4 members (excludes halogenated alkanes) is 1. The van der Waals surface area contributed by atoms with Crippen molar-refractivity contribution < 1.29 is 35.2 Å². The first-order valence-electron chi connectivity index (χ1n) is 14.2. The number of anilines is 1. The average molecular weight is 742 g/mol. The normalized spacial score (nSPS) is 13.8. The van der Waals surface area contributed by atoms with Crippen LogP contribution < -0.4 is 19.9 Å². The number of rotatable bonds is 11. The zero-order valence-corrected chi connectivity index (χ0v) is 29.9. The molecule has 3 aromatic rings. The molecule has 0 aliphatic carbocycles. The standard InChI is InChI=1S/C23H21Cl3N2O7S3.C4H10.C2H7N/c24-15-6-7-21-19(12-15)28(9-3-11-38(32,33)34)23(36-21)5-1-4-22-27(8-2-10-37(29,30)31)18-13-16(25)17(26)14-20(18)35-22;1-3-4-2;1-2-3/h1,4-7,12-14H,2-3,8-11H2,(H-,29,30,31,32,33,34);3-4H2,1-2H3;2-3H2,1H3/p-1. The average Bonchev–Trinajstić information content (AvgIpc) is 3.45. The number of benzene rings is 2. The first kappa shape index (κ1) is 39.2. The maximum atomic E-state index is 11.1. The Kier molecular flexibility index (Phi) is 16.1. The van der Waals surface area contributed by atoms with Gasteiger partial charge in [-0.3, -0.25) is 0 Å². The third-order valence-electron chi connectivity index (χ3n) is 6.00. The molecule has 45 heavy (non-hydrogen) atoms. The van der Waals surface area contributed by atoms with E-state index in [-0.39, 0.29) is 36.0 Å². The number of aromatic nitrogens is 1. The molecule has 0 radical (unpaired) electrons. The molecule has 16 heteroatoms. The van der Waals surface area contributed by atoms with Crippen molar-refractivity contribution in [2.75, 3.05) is 29.5 Å². The molecule has 2 heterocycles. The Labute approximate surface area is 284 Å². The van der Waals surface area contributed by atoms with Gasteiger partial charge in [0.1, 0.15) is 4.70 Å². The van der Waals surface area contributed by atoms with Crippen molar-refractivity contribution in [3.8, 4) is 5.75 Å². The molecule has 0 bridgehead atoms. The second-order valence-electron chi connectivity index (χ2n) is 9.69. The van der Waals surface area contributed by atoms with Gasteiger partial charge in [0, 0.05) is 47.7 Å². The van der Waals surface area contributed by atoms with Crippen LogP contribution in [0.4, 0.5) is 5.69 Å². The second kappa shape index (κ2) is 18.4. The fraction of sp³-hybridized carbons (Fsp3) is 0.414. The number of allylic oxidation sites excluding steroid dienone is 2. The summed E-state index contributed by atoms with van der Waals surface area (Å²) >= 11 is 19.9. The summed E-state index contributed by atoms with van der Waals surface area (Å²) in [5.74, 6) is -0.233. The summed E-state index contributed by atoms with van der Waals surface area (Å²) in [7, 11) is -8.73. The van der Waals surface area contributed by atoms with E-state index in [2.05, 4.69) is 13.8 Å². The number of nitrogens with zero attached hydrogens (tertiary/aromatic N) is 2. The number of thiazole rings is 1. The van der Waals surface area contributed by atoms with Crippen molar-refractivity contribution in [2.24, 2.45) is 5.73 Å². The van der Waals surface area contributed by atoms with Crippen molar-refractivity contribution >= 4 is 88.4 Å². The molecule has 250 valence electrons. The van der Waals surface area contributed by atoms with E-state index in [0.29, 0.717) is 22.3 Å². The summed E-state index contributed by atoms with van der Waals surface area (Å²) in [6, 6.07) is 8.53. The van der Waals surface area contributed by atoms with E-state index in [1.807, 2.05) is 17.6 Å². The Hall–Kier alpha value is -1.94.